The largest absolute Gasteiger partial charge is 0.506 e. The molecule has 2 aromatic heterocycles. The normalized spacial score (nSPS) is 27.4. The number of morpholine rings is 1. The Balaban J connectivity index is 1.36. The van der Waals surface area contributed by atoms with E-state index in [0.717, 1.165) is 53.8 Å². The second kappa shape index (κ2) is 8.40. The highest BCUT2D eigenvalue weighted by molar-refractivity contribution is 8.03. The van der Waals surface area contributed by atoms with Gasteiger partial charge in [0.15, 0.2) is 0 Å². The van der Waals surface area contributed by atoms with Crippen molar-refractivity contribution in [3.63, 3.8) is 0 Å². The average Bonchev–Trinajstić information content (AvgIpc) is 3.30. The van der Waals surface area contributed by atoms with Crippen LogP contribution in [0.2, 0.25) is 0 Å². The third-order valence-corrected chi connectivity index (χ3v) is 7.47. The number of allylic oxidation sites excluding steroid dienone is 1. The van der Waals surface area contributed by atoms with Crippen molar-refractivity contribution in [3.05, 3.63) is 29.8 Å². The minimum absolute atomic E-state index is 0.137. The van der Waals surface area contributed by atoms with Crippen molar-refractivity contribution in [3.8, 4) is 11.6 Å². The van der Waals surface area contributed by atoms with Crippen LogP contribution in [0.1, 0.15) is 32.1 Å². The van der Waals surface area contributed by atoms with Gasteiger partial charge in [0.25, 0.3) is 0 Å². The molecule has 154 valence electrons. The maximum atomic E-state index is 9.95. The van der Waals surface area contributed by atoms with Crippen molar-refractivity contribution in [1.82, 2.24) is 9.97 Å². The Morgan fingerprint density at radius 3 is 2.72 bits per heavy atom. The highest BCUT2D eigenvalue weighted by Gasteiger charge is 2.30. The molecule has 2 fully saturated rings. The van der Waals surface area contributed by atoms with Gasteiger partial charge in [-0.15, -0.1) is 11.8 Å². The molecule has 0 bridgehead atoms. The zero-order chi connectivity index (χ0) is 19.6. The van der Waals surface area contributed by atoms with E-state index in [0.29, 0.717) is 19.1 Å². The van der Waals surface area contributed by atoms with Gasteiger partial charge in [-0.2, -0.15) is 4.98 Å². The number of anilines is 1. The predicted octanol–water partition coefficient (Wildman–Crippen LogP) is 4.13. The summed E-state index contributed by atoms with van der Waals surface area (Å²) in [6.07, 6.45) is 9.67. The molecule has 0 aromatic carbocycles. The Kier molecular flexibility index (Phi) is 5.50. The van der Waals surface area contributed by atoms with Crippen LogP contribution in [-0.4, -0.2) is 52.7 Å². The highest BCUT2D eigenvalue weighted by atomic mass is 32.2. The number of hydrogen-bond donors (Lipinski definition) is 1. The maximum absolute atomic E-state index is 9.95. The van der Waals surface area contributed by atoms with Crippen LogP contribution in [0.4, 0.5) is 5.82 Å². The molecule has 0 spiro atoms. The van der Waals surface area contributed by atoms with Crippen molar-refractivity contribution in [2.45, 2.75) is 43.5 Å². The number of fused-ring (bicyclic) bond motifs is 1. The molecule has 1 N–H and O–H groups in total. The van der Waals surface area contributed by atoms with Gasteiger partial charge in [-0.05, 0) is 49.5 Å². The standard InChI is InChI=1S/C22H27N3O3S/c26-16-12-18-19(23-14-16)13-21(25-7-9-27-10-8-25)24-22(18)28-17-5-3-15(4-6-17)20-2-1-11-29-20/h1,11-15,17,20,26H,2-10H2. The molecule has 2 aliphatic heterocycles. The molecule has 29 heavy (non-hydrogen) atoms. The predicted molar refractivity (Wildman–Crippen MR) is 116 cm³/mol. The van der Waals surface area contributed by atoms with E-state index in [1.165, 1.54) is 25.5 Å². The molecule has 4 heterocycles. The maximum Gasteiger partial charge on any atom is 0.225 e. The molecule has 0 radical (unpaired) electrons. The average molecular weight is 414 g/mol. The van der Waals surface area contributed by atoms with Crippen LogP contribution in [0.25, 0.3) is 10.9 Å². The molecule has 1 unspecified atom stereocenters. The monoisotopic (exact) mass is 413 g/mol. The van der Waals surface area contributed by atoms with E-state index in [2.05, 4.69) is 21.4 Å². The molecular formula is C22H27N3O3S. The molecule has 6 nitrogen and oxygen atoms in total. The second-order valence-corrected chi connectivity index (χ2v) is 9.23. The zero-order valence-electron chi connectivity index (χ0n) is 16.5. The number of nitrogens with zero attached hydrogens (tertiary/aromatic N) is 3. The van der Waals surface area contributed by atoms with Crippen LogP contribution in [0.5, 0.6) is 11.6 Å². The lowest BCUT2D eigenvalue weighted by atomic mass is 9.84. The van der Waals surface area contributed by atoms with E-state index in [4.69, 9.17) is 14.5 Å². The highest BCUT2D eigenvalue weighted by Crippen LogP contribution is 2.40. The Labute approximate surface area is 175 Å². The Morgan fingerprint density at radius 2 is 1.97 bits per heavy atom. The number of hydrogen-bond acceptors (Lipinski definition) is 7. The molecule has 1 atom stereocenters. The summed E-state index contributed by atoms with van der Waals surface area (Å²) in [6, 6.07) is 3.69. The topological polar surface area (TPSA) is 67.7 Å². The number of aromatic hydroxyl groups is 1. The van der Waals surface area contributed by atoms with Crippen LogP contribution >= 0.6 is 11.8 Å². The molecule has 0 amide bonds. The van der Waals surface area contributed by atoms with Crippen LogP contribution in [-0.2, 0) is 4.74 Å². The van der Waals surface area contributed by atoms with E-state index in [9.17, 15) is 5.11 Å². The van der Waals surface area contributed by atoms with E-state index >= 15 is 0 Å². The van der Waals surface area contributed by atoms with Crippen LogP contribution in [0.15, 0.2) is 29.8 Å². The minimum atomic E-state index is 0.137. The van der Waals surface area contributed by atoms with Crippen LogP contribution in [0, 0.1) is 5.92 Å². The van der Waals surface area contributed by atoms with Gasteiger partial charge < -0.3 is 19.5 Å². The number of rotatable bonds is 4. The van der Waals surface area contributed by atoms with E-state index in [1.54, 1.807) is 6.07 Å². The molecule has 2 aromatic rings. The number of pyridine rings is 2. The fourth-order valence-corrected chi connectivity index (χ4v) is 5.70. The zero-order valence-corrected chi connectivity index (χ0v) is 17.3. The first-order valence-electron chi connectivity index (χ1n) is 10.6. The van der Waals surface area contributed by atoms with Gasteiger partial charge in [0, 0.05) is 24.4 Å². The first kappa shape index (κ1) is 19.0. The molecular weight excluding hydrogens is 386 g/mol. The summed E-state index contributed by atoms with van der Waals surface area (Å²) in [7, 11) is 0. The van der Waals surface area contributed by atoms with Gasteiger partial charge in [0.1, 0.15) is 17.7 Å². The van der Waals surface area contributed by atoms with Crippen molar-refractivity contribution in [2.75, 3.05) is 31.2 Å². The van der Waals surface area contributed by atoms with E-state index in [1.807, 2.05) is 17.8 Å². The number of ether oxygens (including phenoxy) is 2. The lowest BCUT2D eigenvalue weighted by molar-refractivity contribution is 0.120. The van der Waals surface area contributed by atoms with Crippen molar-refractivity contribution >= 4 is 28.5 Å². The lowest BCUT2D eigenvalue weighted by Gasteiger charge is -2.32. The third kappa shape index (κ3) is 4.16. The summed E-state index contributed by atoms with van der Waals surface area (Å²) >= 11 is 1.99. The Bertz CT molecular complexity index is 884. The first-order chi connectivity index (χ1) is 14.3. The lowest BCUT2D eigenvalue weighted by Crippen LogP contribution is -2.36. The summed E-state index contributed by atoms with van der Waals surface area (Å²) in [5.41, 5.74) is 0.802. The summed E-state index contributed by atoms with van der Waals surface area (Å²) < 4.78 is 11.9. The summed E-state index contributed by atoms with van der Waals surface area (Å²) in [6.45, 7) is 3.04. The summed E-state index contributed by atoms with van der Waals surface area (Å²) in [4.78, 5) is 11.5. The Hall–Kier alpha value is -1.99. The van der Waals surface area contributed by atoms with Gasteiger partial charge in [-0.3, -0.25) is 4.98 Å². The molecule has 5 rings (SSSR count). The summed E-state index contributed by atoms with van der Waals surface area (Å²) in [5.74, 6) is 2.38. The van der Waals surface area contributed by atoms with Crippen LogP contribution in [0.3, 0.4) is 0 Å². The smallest absolute Gasteiger partial charge is 0.225 e. The van der Waals surface area contributed by atoms with E-state index in [-0.39, 0.29) is 11.9 Å². The molecule has 1 aliphatic carbocycles. The number of thioether (sulfide) groups is 1. The molecule has 3 aliphatic rings. The van der Waals surface area contributed by atoms with Crippen molar-refractivity contribution in [2.24, 2.45) is 5.92 Å². The van der Waals surface area contributed by atoms with Gasteiger partial charge in [0.2, 0.25) is 5.88 Å². The van der Waals surface area contributed by atoms with Gasteiger partial charge in [-0.1, -0.05) is 6.08 Å². The number of aromatic nitrogens is 2. The molecule has 7 heteroatoms. The van der Waals surface area contributed by atoms with E-state index < -0.39 is 0 Å². The van der Waals surface area contributed by atoms with Gasteiger partial charge in [-0.25, -0.2) is 0 Å². The van der Waals surface area contributed by atoms with Crippen molar-refractivity contribution < 1.29 is 14.6 Å². The van der Waals surface area contributed by atoms with Crippen molar-refractivity contribution in [1.29, 1.82) is 0 Å². The summed E-state index contributed by atoms with van der Waals surface area (Å²) in [5, 5.41) is 13.7. The Morgan fingerprint density at radius 1 is 1.14 bits per heavy atom. The minimum Gasteiger partial charge on any atom is -0.506 e. The fraction of sp³-hybridized carbons (Fsp3) is 0.545. The van der Waals surface area contributed by atoms with Gasteiger partial charge >= 0.3 is 0 Å². The van der Waals surface area contributed by atoms with Gasteiger partial charge in [0.05, 0.1) is 30.3 Å². The molecule has 1 saturated heterocycles. The first-order valence-corrected chi connectivity index (χ1v) is 11.5. The second-order valence-electron chi connectivity index (χ2n) is 8.08. The third-order valence-electron chi connectivity index (χ3n) is 6.19. The van der Waals surface area contributed by atoms with Crippen LogP contribution < -0.4 is 9.64 Å². The quantitative estimate of drug-likeness (QED) is 0.808. The fourth-order valence-electron chi connectivity index (χ4n) is 4.56. The molecule has 1 saturated carbocycles. The SMILES string of the molecule is Oc1cnc2cc(N3CCOCC3)nc(OC3CCC(C4CC=CS4)CC3)c2c1.